The molecule has 1 N–H and O–H groups in total. The van der Waals surface area contributed by atoms with Gasteiger partial charge < -0.3 is 9.73 Å². The number of rotatable bonds is 4. The molecule has 0 unspecified atom stereocenters. The Morgan fingerprint density at radius 3 is 2.84 bits per heavy atom. The minimum atomic E-state index is -4.39. The molecular formula is C12H11F3N2OS. The van der Waals surface area contributed by atoms with Crippen LogP contribution in [0.1, 0.15) is 23.6 Å². The molecule has 19 heavy (non-hydrogen) atoms. The number of nitrogens with one attached hydrogen (secondary N) is 1. The number of hydrogen-bond donors (Lipinski definition) is 1. The van der Waals surface area contributed by atoms with Crippen LogP contribution >= 0.6 is 11.3 Å². The molecule has 2 aromatic rings. The van der Waals surface area contributed by atoms with Crippen LogP contribution in [0.4, 0.5) is 13.2 Å². The van der Waals surface area contributed by atoms with Crippen molar-refractivity contribution < 1.29 is 17.6 Å². The molecule has 1 aliphatic rings. The second-order valence-corrected chi connectivity index (χ2v) is 5.47. The minimum absolute atomic E-state index is 0.480. The highest BCUT2D eigenvalue weighted by atomic mass is 32.1. The highest BCUT2D eigenvalue weighted by molar-refractivity contribution is 7.15. The molecule has 0 spiro atoms. The summed E-state index contributed by atoms with van der Waals surface area (Å²) in [7, 11) is 0. The first-order chi connectivity index (χ1) is 9.04. The van der Waals surface area contributed by atoms with Crippen molar-refractivity contribution in [2.24, 2.45) is 0 Å². The van der Waals surface area contributed by atoms with E-state index in [4.69, 9.17) is 4.42 Å². The van der Waals surface area contributed by atoms with Crippen LogP contribution in [0.2, 0.25) is 0 Å². The van der Waals surface area contributed by atoms with Gasteiger partial charge in [-0.15, -0.1) is 11.3 Å². The molecule has 0 aromatic carbocycles. The van der Waals surface area contributed by atoms with Gasteiger partial charge in [-0.05, 0) is 18.9 Å². The fourth-order valence-electron chi connectivity index (χ4n) is 1.75. The molecule has 0 atom stereocenters. The van der Waals surface area contributed by atoms with E-state index in [1.54, 1.807) is 6.07 Å². The number of thiazole rings is 1. The van der Waals surface area contributed by atoms with Crippen LogP contribution in [0.5, 0.6) is 0 Å². The lowest BCUT2D eigenvalue weighted by atomic mass is 10.2. The zero-order valence-electron chi connectivity index (χ0n) is 9.83. The summed E-state index contributed by atoms with van der Waals surface area (Å²) in [5, 5.41) is 2.45. The fourth-order valence-corrected chi connectivity index (χ4v) is 2.58. The molecule has 1 saturated carbocycles. The highest BCUT2D eigenvalue weighted by Crippen LogP contribution is 2.37. The van der Waals surface area contributed by atoms with Crippen LogP contribution in [0.15, 0.2) is 22.9 Å². The molecule has 3 nitrogen and oxygen atoms in total. The minimum Gasteiger partial charge on any atom is -0.467 e. The zero-order valence-corrected chi connectivity index (χ0v) is 10.6. The van der Waals surface area contributed by atoms with Gasteiger partial charge in [0, 0.05) is 17.8 Å². The molecular weight excluding hydrogens is 277 g/mol. The molecule has 2 heterocycles. The quantitative estimate of drug-likeness (QED) is 0.932. The maximum atomic E-state index is 12.5. The third kappa shape index (κ3) is 2.82. The SMILES string of the molecule is FC(F)(F)c1ncc(-c2ccoc2CNC2CC2)s1. The monoisotopic (exact) mass is 288 g/mol. The Morgan fingerprint density at radius 1 is 1.42 bits per heavy atom. The molecule has 0 saturated heterocycles. The van der Waals surface area contributed by atoms with Crippen LogP contribution in [-0.4, -0.2) is 11.0 Å². The van der Waals surface area contributed by atoms with Crippen LogP contribution in [0, 0.1) is 0 Å². The summed E-state index contributed by atoms with van der Waals surface area (Å²) in [6.07, 6.45) is 0.647. The van der Waals surface area contributed by atoms with Crippen molar-refractivity contribution in [1.82, 2.24) is 10.3 Å². The largest absolute Gasteiger partial charge is 0.467 e. The van der Waals surface area contributed by atoms with Gasteiger partial charge in [0.2, 0.25) is 0 Å². The van der Waals surface area contributed by atoms with Crippen LogP contribution in [0.25, 0.3) is 10.4 Å². The summed E-state index contributed by atoms with van der Waals surface area (Å²) in [4.78, 5) is 3.90. The standard InChI is InChI=1S/C12H11F3N2OS/c13-12(14,15)11-17-6-10(19-11)8-3-4-18-9(8)5-16-7-1-2-7/h3-4,6-7,16H,1-2,5H2. The average Bonchev–Trinajstić information content (AvgIpc) is 2.87. The van der Waals surface area contributed by atoms with E-state index in [9.17, 15) is 13.2 Å². The molecule has 1 fully saturated rings. The molecule has 0 bridgehead atoms. The first-order valence-corrected chi connectivity index (χ1v) is 6.69. The molecule has 102 valence electrons. The van der Waals surface area contributed by atoms with E-state index in [2.05, 4.69) is 10.3 Å². The van der Waals surface area contributed by atoms with Gasteiger partial charge in [-0.1, -0.05) is 0 Å². The number of alkyl halides is 3. The first kappa shape index (κ1) is 12.7. The van der Waals surface area contributed by atoms with Gasteiger partial charge in [0.15, 0.2) is 5.01 Å². The number of nitrogens with zero attached hydrogens (tertiary/aromatic N) is 1. The van der Waals surface area contributed by atoms with Gasteiger partial charge >= 0.3 is 6.18 Å². The molecule has 0 amide bonds. The van der Waals surface area contributed by atoms with E-state index >= 15 is 0 Å². The van der Waals surface area contributed by atoms with Gasteiger partial charge in [-0.2, -0.15) is 13.2 Å². The summed E-state index contributed by atoms with van der Waals surface area (Å²) in [6.45, 7) is 0.534. The molecule has 2 aromatic heterocycles. The van der Waals surface area contributed by atoms with E-state index in [-0.39, 0.29) is 0 Å². The van der Waals surface area contributed by atoms with Crippen molar-refractivity contribution in [3.05, 3.63) is 29.3 Å². The normalized spacial score (nSPS) is 15.9. The Bertz CT molecular complexity index is 572. The van der Waals surface area contributed by atoms with E-state index in [1.165, 1.54) is 12.5 Å². The van der Waals surface area contributed by atoms with E-state index in [0.717, 1.165) is 12.8 Å². The summed E-state index contributed by atoms with van der Waals surface area (Å²) >= 11 is 0.638. The molecule has 1 aliphatic carbocycles. The van der Waals surface area contributed by atoms with Gasteiger partial charge in [0.25, 0.3) is 0 Å². The van der Waals surface area contributed by atoms with Crippen molar-refractivity contribution in [3.8, 4) is 10.4 Å². The Morgan fingerprint density at radius 2 is 2.21 bits per heavy atom. The predicted octanol–water partition coefficient (Wildman–Crippen LogP) is 3.67. The van der Waals surface area contributed by atoms with Gasteiger partial charge in [0.1, 0.15) is 5.76 Å². The molecule has 0 radical (unpaired) electrons. The zero-order chi connectivity index (χ0) is 13.5. The molecule has 0 aliphatic heterocycles. The smallest absolute Gasteiger partial charge is 0.443 e. The second kappa shape index (κ2) is 4.64. The van der Waals surface area contributed by atoms with Crippen molar-refractivity contribution >= 4 is 11.3 Å². The third-order valence-electron chi connectivity index (χ3n) is 2.89. The fraction of sp³-hybridized carbons (Fsp3) is 0.417. The van der Waals surface area contributed by atoms with Gasteiger partial charge in [0.05, 0.1) is 17.7 Å². The number of halogens is 3. The predicted molar refractivity (Wildman–Crippen MR) is 64.7 cm³/mol. The highest BCUT2D eigenvalue weighted by Gasteiger charge is 2.35. The Labute approximate surface area is 111 Å². The van der Waals surface area contributed by atoms with Crippen molar-refractivity contribution in [2.75, 3.05) is 0 Å². The van der Waals surface area contributed by atoms with E-state index in [0.29, 0.717) is 40.1 Å². The van der Waals surface area contributed by atoms with Crippen LogP contribution < -0.4 is 5.32 Å². The topological polar surface area (TPSA) is 38.1 Å². The Kier molecular flexibility index (Phi) is 3.10. The lowest BCUT2D eigenvalue weighted by Gasteiger charge is -2.02. The second-order valence-electron chi connectivity index (χ2n) is 4.44. The molecule has 7 heteroatoms. The Hall–Kier alpha value is -1.34. The lowest BCUT2D eigenvalue weighted by molar-refractivity contribution is -0.137. The van der Waals surface area contributed by atoms with Crippen molar-refractivity contribution in [1.29, 1.82) is 0 Å². The maximum absolute atomic E-state index is 12.5. The van der Waals surface area contributed by atoms with Crippen molar-refractivity contribution in [2.45, 2.75) is 31.6 Å². The average molecular weight is 288 g/mol. The number of hydrogen-bond acceptors (Lipinski definition) is 4. The van der Waals surface area contributed by atoms with Crippen molar-refractivity contribution in [3.63, 3.8) is 0 Å². The third-order valence-corrected chi connectivity index (χ3v) is 3.96. The first-order valence-electron chi connectivity index (χ1n) is 5.87. The molecule has 3 rings (SSSR count). The summed E-state index contributed by atoms with van der Waals surface area (Å²) in [6, 6.07) is 2.20. The van der Waals surface area contributed by atoms with Gasteiger partial charge in [-0.25, -0.2) is 4.98 Å². The summed E-state index contributed by atoms with van der Waals surface area (Å²) < 4.78 is 42.9. The van der Waals surface area contributed by atoms with E-state index in [1.807, 2.05) is 0 Å². The van der Waals surface area contributed by atoms with E-state index < -0.39 is 11.2 Å². The van der Waals surface area contributed by atoms with Gasteiger partial charge in [-0.3, -0.25) is 0 Å². The number of aromatic nitrogens is 1. The number of furan rings is 1. The summed E-state index contributed by atoms with van der Waals surface area (Å²) in [5.41, 5.74) is 0.682. The Balaban J connectivity index is 1.81. The van der Waals surface area contributed by atoms with Crippen LogP contribution in [-0.2, 0) is 12.7 Å². The maximum Gasteiger partial charge on any atom is 0.443 e. The van der Waals surface area contributed by atoms with Crippen LogP contribution in [0.3, 0.4) is 0 Å². The lowest BCUT2D eigenvalue weighted by Crippen LogP contribution is -2.15. The summed E-state index contributed by atoms with van der Waals surface area (Å²) in [5.74, 6) is 0.657.